The first-order chi connectivity index (χ1) is 9.13. The van der Waals surface area contributed by atoms with Gasteiger partial charge in [-0.25, -0.2) is 0 Å². The highest BCUT2D eigenvalue weighted by Crippen LogP contribution is 2.04. The summed E-state index contributed by atoms with van der Waals surface area (Å²) in [6.07, 6.45) is 2.04. The molecule has 0 bridgehead atoms. The SMILES string of the molecule is COC(=O)C(Cl)CNC(=O)CCCc1ccccc1. The zero-order valence-corrected chi connectivity index (χ0v) is 11.7. The summed E-state index contributed by atoms with van der Waals surface area (Å²) in [5, 5.41) is 1.78. The fourth-order valence-corrected chi connectivity index (χ4v) is 1.77. The quantitative estimate of drug-likeness (QED) is 0.614. The van der Waals surface area contributed by atoms with Crippen molar-refractivity contribution in [2.75, 3.05) is 13.7 Å². The average Bonchev–Trinajstić information content (AvgIpc) is 2.45. The summed E-state index contributed by atoms with van der Waals surface area (Å²) in [5.74, 6) is -0.642. The molecule has 0 aliphatic rings. The second kappa shape index (κ2) is 8.53. The van der Waals surface area contributed by atoms with Gasteiger partial charge in [-0.1, -0.05) is 30.3 Å². The van der Waals surface area contributed by atoms with E-state index in [0.29, 0.717) is 6.42 Å². The van der Waals surface area contributed by atoms with Crippen LogP contribution >= 0.6 is 11.6 Å². The van der Waals surface area contributed by atoms with E-state index in [2.05, 4.69) is 10.1 Å². The molecule has 0 heterocycles. The number of halogens is 1. The molecule has 1 aromatic carbocycles. The van der Waals surface area contributed by atoms with Crippen LogP contribution in [0.15, 0.2) is 30.3 Å². The third-order valence-electron chi connectivity index (χ3n) is 2.65. The molecule has 1 unspecified atom stereocenters. The molecule has 0 aromatic heterocycles. The molecule has 1 atom stereocenters. The number of carbonyl (C=O) groups is 2. The Kier molecular flexibility index (Phi) is 6.97. The van der Waals surface area contributed by atoms with Crippen molar-refractivity contribution in [1.82, 2.24) is 5.32 Å². The van der Waals surface area contributed by atoms with Gasteiger partial charge < -0.3 is 10.1 Å². The third-order valence-corrected chi connectivity index (χ3v) is 2.98. The molecule has 1 rings (SSSR count). The number of amides is 1. The van der Waals surface area contributed by atoms with E-state index in [4.69, 9.17) is 11.6 Å². The molecule has 104 valence electrons. The lowest BCUT2D eigenvalue weighted by Crippen LogP contribution is -2.34. The second-order valence-corrected chi connectivity index (χ2v) is 4.66. The highest BCUT2D eigenvalue weighted by molar-refractivity contribution is 6.30. The standard InChI is InChI=1S/C14H18ClNO3/c1-19-14(18)12(15)10-16-13(17)9-5-8-11-6-3-2-4-7-11/h2-4,6-7,12H,5,8-10H2,1H3,(H,16,17). The summed E-state index contributed by atoms with van der Waals surface area (Å²) < 4.78 is 4.46. The van der Waals surface area contributed by atoms with Gasteiger partial charge in [-0.3, -0.25) is 9.59 Å². The summed E-state index contributed by atoms with van der Waals surface area (Å²) in [6, 6.07) is 9.98. The van der Waals surface area contributed by atoms with E-state index in [-0.39, 0.29) is 12.5 Å². The third kappa shape index (κ3) is 6.25. The van der Waals surface area contributed by atoms with Crippen LogP contribution in [-0.2, 0) is 20.7 Å². The van der Waals surface area contributed by atoms with Gasteiger partial charge in [-0.05, 0) is 18.4 Å². The first-order valence-corrected chi connectivity index (χ1v) is 6.59. The molecule has 0 aliphatic heterocycles. The molecule has 1 aromatic rings. The van der Waals surface area contributed by atoms with Crippen LogP contribution in [0, 0.1) is 0 Å². The predicted molar refractivity (Wildman–Crippen MR) is 74.0 cm³/mol. The highest BCUT2D eigenvalue weighted by atomic mass is 35.5. The number of esters is 1. The van der Waals surface area contributed by atoms with Crippen molar-refractivity contribution in [3.8, 4) is 0 Å². The lowest BCUT2D eigenvalue weighted by atomic mass is 10.1. The van der Waals surface area contributed by atoms with Crippen molar-refractivity contribution >= 4 is 23.5 Å². The number of ether oxygens (including phenoxy) is 1. The topological polar surface area (TPSA) is 55.4 Å². The highest BCUT2D eigenvalue weighted by Gasteiger charge is 2.16. The number of alkyl halides is 1. The Morgan fingerprint density at radius 2 is 2.00 bits per heavy atom. The fraction of sp³-hybridized carbons (Fsp3) is 0.429. The first kappa shape index (κ1) is 15.5. The molecule has 0 aliphatic carbocycles. The Bertz CT molecular complexity index is 408. The van der Waals surface area contributed by atoms with E-state index < -0.39 is 11.3 Å². The first-order valence-electron chi connectivity index (χ1n) is 6.16. The summed E-state index contributed by atoms with van der Waals surface area (Å²) in [6.45, 7) is 0.0956. The summed E-state index contributed by atoms with van der Waals surface area (Å²) in [5.41, 5.74) is 1.21. The van der Waals surface area contributed by atoms with Crippen molar-refractivity contribution < 1.29 is 14.3 Å². The Morgan fingerprint density at radius 3 is 2.63 bits per heavy atom. The van der Waals surface area contributed by atoms with Gasteiger partial charge in [0.25, 0.3) is 0 Å². The lowest BCUT2D eigenvalue weighted by molar-refractivity contribution is -0.140. The molecule has 0 spiro atoms. The van der Waals surface area contributed by atoms with Crippen LogP contribution in [0.1, 0.15) is 18.4 Å². The maximum Gasteiger partial charge on any atom is 0.325 e. The smallest absolute Gasteiger partial charge is 0.325 e. The number of methoxy groups -OCH3 is 1. The van der Waals surface area contributed by atoms with Gasteiger partial charge in [0.05, 0.1) is 7.11 Å². The van der Waals surface area contributed by atoms with Crippen molar-refractivity contribution in [2.45, 2.75) is 24.6 Å². The Morgan fingerprint density at radius 1 is 1.32 bits per heavy atom. The van der Waals surface area contributed by atoms with Gasteiger partial charge in [-0.15, -0.1) is 11.6 Å². The Balaban J connectivity index is 2.16. The van der Waals surface area contributed by atoms with Crippen molar-refractivity contribution in [2.24, 2.45) is 0 Å². The van der Waals surface area contributed by atoms with E-state index in [1.165, 1.54) is 12.7 Å². The van der Waals surface area contributed by atoms with Gasteiger partial charge in [-0.2, -0.15) is 0 Å². The van der Waals surface area contributed by atoms with Crippen LogP contribution in [0.2, 0.25) is 0 Å². The van der Waals surface area contributed by atoms with Crippen LogP contribution in [0.5, 0.6) is 0 Å². The monoisotopic (exact) mass is 283 g/mol. The molecule has 0 radical (unpaired) electrons. The minimum atomic E-state index is -0.830. The molecule has 0 saturated heterocycles. The van der Waals surface area contributed by atoms with E-state index in [1.54, 1.807) is 0 Å². The molecule has 19 heavy (non-hydrogen) atoms. The Labute approximate surface area is 118 Å². The Hall–Kier alpha value is -1.55. The van der Waals surface area contributed by atoms with Crippen molar-refractivity contribution in [1.29, 1.82) is 0 Å². The molecule has 0 fully saturated rings. The summed E-state index contributed by atoms with van der Waals surface area (Å²) >= 11 is 5.72. The maximum absolute atomic E-state index is 11.5. The van der Waals surface area contributed by atoms with Gasteiger partial charge in [0.15, 0.2) is 0 Å². The zero-order valence-electron chi connectivity index (χ0n) is 10.9. The van der Waals surface area contributed by atoms with E-state index in [0.717, 1.165) is 12.8 Å². The maximum atomic E-state index is 11.5. The molecule has 4 nitrogen and oxygen atoms in total. The largest absolute Gasteiger partial charge is 0.468 e. The fourth-order valence-electron chi connectivity index (χ4n) is 1.60. The zero-order chi connectivity index (χ0) is 14.1. The van der Waals surface area contributed by atoms with Crippen molar-refractivity contribution in [3.63, 3.8) is 0 Å². The number of carbonyl (C=O) groups excluding carboxylic acids is 2. The normalized spacial score (nSPS) is 11.7. The molecular weight excluding hydrogens is 266 g/mol. The number of nitrogens with one attached hydrogen (secondary N) is 1. The van der Waals surface area contributed by atoms with Crippen LogP contribution in [0.25, 0.3) is 0 Å². The number of rotatable bonds is 7. The second-order valence-electron chi connectivity index (χ2n) is 4.13. The van der Waals surface area contributed by atoms with Crippen LogP contribution < -0.4 is 5.32 Å². The van der Waals surface area contributed by atoms with Gasteiger partial charge in [0.1, 0.15) is 5.38 Å². The van der Waals surface area contributed by atoms with Gasteiger partial charge >= 0.3 is 5.97 Å². The van der Waals surface area contributed by atoms with E-state index in [1.807, 2.05) is 30.3 Å². The van der Waals surface area contributed by atoms with Crippen LogP contribution in [0.4, 0.5) is 0 Å². The number of hydrogen-bond acceptors (Lipinski definition) is 3. The van der Waals surface area contributed by atoms with Crippen LogP contribution in [-0.4, -0.2) is 30.9 Å². The van der Waals surface area contributed by atoms with Crippen molar-refractivity contribution in [3.05, 3.63) is 35.9 Å². The summed E-state index contributed by atoms with van der Waals surface area (Å²) in [7, 11) is 1.26. The van der Waals surface area contributed by atoms with Crippen LogP contribution in [0.3, 0.4) is 0 Å². The van der Waals surface area contributed by atoms with E-state index in [9.17, 15) is 9.59 Å². The average molecular weight is 284 g/mol. The van der Waals surface area contributed by atoms with Gasteiger partial charge in [0.2, 0.25) is 5.91 Å². The minimum Gasteiger partial charge on any atom is -0.468 e. The lowest BCUT2D eigenvalue weighted by Gasteiger charge is -2.08. The molecular formula is C14H18ClNO3. The number of hydrogen-bond donors (Lipinski definition) is 1. The molecule has 1 N–H and O–H groups in total. The van der Waals surface area contributed by atoms with E-state index >= 15 is 0 Å². The predicted octanol–water partition coefficient (Wildman–Crippen LogP) is 1.91. The molecule has 1 amide bonds. The summed E-state index contributed by atoms with van der Waals surface area (Å²) in [4.78, 5) is 22.5. The molecule has 0 saturated carbocycles. The number of aryl methyl sites for hydroxylation is 1. The van der Waals surface area contributed by atoms with Gasteiger partial charge in [0, 0.05) is 13.0 Å². The minimum absolute atomic E-state index is 0.0956. The number of benzene rings is 1. The molecule has 5 heteroatoms.